The van der Waals surface area contributed by atoms with E-state index in [9.17, 15) is 9.18 Å². The lowest BCUT2D eigenvalue weighted by Crippen LogP contribution is -2.17. The van der Waals surface area contributed by atoms with Gasteiger partial charge in [0.2, 0.25) is 5.13 Å². The molecule has 0 radical (unpaired) electrons. The Morgan fingerprint density at radius 3 is 2.70 bits per heavy atom. The summed E-state index contributed by atoms with van der Waals surface area (Å²) in [6.07, 6.45) is 0. The summed E-state index contributed by atoms with van der Waals surface area (Å²) in [4.78, 5) is 12.4. The Labute approximate surface area is 162 Å². The number of thioether (sulfide) groups is 1. The summed E-state index contributed by atoms with van der Waals surface area (Å²) in [5.41, 5.74) is 1.44. The minimum Gasteiger partial charge on any atom is -0.486 e. The molecule has 0 bridgehead atoms. The molecule has 1 amide bonds. The van der Waals surface area contributed by atoms with Crippen LogP contribution in [0.15, 0.2) is 46.8 Å². The van der Waals surface area contributed by atoms with Crippen LogP contribution >= 0.6 is 23.1 Å². The largest absolute Gasteiger partial charge is 0.486 e. The van der Waals surface area contributed by atoms with Crippen molar-refractivity contribution in [1.29, 1.82) is 0 Å². The molecule has 1 N–H and O–H groups in total. The van der Waals surface area contributed by atoms with Crippen molar-refractivity contribution in [3.63, 3.8) is 0 Å². The molecule has 138 valence electrons. The van der Waals surface area contributed by atoms with Crippen molar-refractivity contribution in [3.05, 3.63) is 59.4 Å². The van der Waals surface area contributed by atoms with Crippen LogP contribution in [0, 0.1) is 5.82 Å². The molecule has 0 unspecified atom stereocenters. The number of anilines is 1. The molecule has 2 aromatic carbocycles. The zero-order valence-electron chi connectivity index (χ0n) is 14.0. The lowest BCUT2D eigenvalue weighted by molar-refractivity contribution is 0.102. The number of aromatic nitrogens is 2. The van der Waals surface area contributed by atoms with Gasteiger partial charge in [-0.2, -0.15) is 0 Å². The van der Waals surface area contributed by atoms with Gasteiger partial charge >= 0.3 is 0 Å². The summed E-state index contributed by atoms with van der Waals surface area (Å²) in [5.74, 6) is 1.28. The van der Waals surface area contributed by atoms with Gasteiger partial charge in [0, 0.05) is 11.3 Å². The maximum absolute atomic E-state index is 12.9. The molecule has 0 saturated carbocycles. The highest BCUT2D eigenvalue weighted by atomic mass is 32.2. The van der Waals surface area contributed by atoms with Gasteiger partial charge in [0.05, 0.1) is 0 Å². The molecule has 6 nitrogen and oxygen atoms in total. The molecule has 0 saturated heterocycles. The zero-order valence-corrected chi connectivity index (χ0v) is 15.6. The Morgan fingerprint density at radius 2 is 1.89 bits per heavy atom. The highest BCUT2D eigenvalue weighted by molar-refractivity contribution is 8.00. The van der Waals surface area contributed by atoms with Gasteiger partial charge in [0.15, 0.2) is 15.8 Å². The van der Waals surface area contributed by atoms with Gasteiger partial charge in [-0.05, 0) is 35.9 Å². The highest BCUT2D eigenvalue weighted by Crippen LogP contribution is 2.32. The highest BCUT2D eigenvalue weighted by Gasteiger charge is 2.16. The third-order valence-corrected chi connectivity index (χ3v) is 5.75. The number of carbonyl (C=O) groups excluding carboxylic acids is 1. The molecule has 1 aliphatic heterocycles. The van der Waals surface area contributed by atoms with Crippen LogP contribution < -0.4 is 14.8 Å². The van der Waals surface area contributed by atoms with E-state index in [0.717, 1.165) is 9.90 Å². The summed E-state index contributed by atoms with van der Waals surface area (Å²) in [5, 5.41) is 11.2. The molecule has 0 fully saturated rings. The zero-order chi connectivity index (χ0) is 18.6. The first-order valence-electron chi connectivity index (χ1n) is 8.09. The Morgan fingerprint density at radius 1 is 1.11 bits per heavy atom. The van der Waals surface area contributed by atoms with Crippen molar-refractivity contribution in [2.24, 2.45) is 0 Å². The topological polar surface area (TPSA) is 73.3 Å². The van der Waals surface area contributed by atoms with Crippen LogP contribution in [0.5, 0.6) is 11.5 Å². The normalized spacial score (nSPS) is 12.6. The van der Waals surface area contributed by atoms with Gasteiger partial charge in [0.1, 0.15) is 19.0 Å². The number of rotatable bonds is 5. The van der Waals surface area contributed by atoms with Gasteiger partial charge in [-0.3, -0.25) is 10.1 Å². The fourth-order valence-electron chi connectivity index (χ4n) is 2.40. The second kappa shape index (κ2) is 7.93. The van der Waals surface area contributed by atoms with Gasteiger partial charge < -0.3 is 9.47 Å². The first-order chi connectivity index (χ1) is 13.2. The van der Waals surface area contributed by atoms with Crippen molar-refractivity contribution in [2.75, 3.05) is 18.5 Å². The van der Waals surface area contributed by atoms with Gasteiger partial charge in [-0.1, -0.05) is 35.2 Å². The Kier molecular flexibility index (Phi) is 5.21. The molecular weight excluding hydrogens is 389 g/mol. The molecule has 9 heteroatoms. The first kappa shape index (κ1) is 17.7. The fraction of sp³-hybridized carbons (Fsp3) is 0.167. The number of benzene rings is 2. The van der Waals surface area contributed by atoms with Crippen LogP contribution in [0.2, 0.25) is 0 Å². The molecule has 0 atom stereocenters. The van der Waals surface area contributed by atoms with E-state index in [4.69, 9.17) is 9.47 Å². The lowest BCUT2D eigenvalue weighted by atomic mass is 10.2. The van der Waals surface area contributed by atoms with E-state index in [-0.39, 0.29) is 11.7 Å². The molecule has 1 aliphatic rings. The van der Waals surface area contributed by atoms with E-state index < -0.39 is 0 Å². The molecule has 1 aromatic heterocycles. The van der Waals surface area contributed by atoms with Gasteiger partial charge in [-0.15, -0.1) is 10.2 Å². The van der Waals surface area contributed by atoms with Gasteiger partial charge in [-0.25, -0.2) is 4.39 Å². The van der Waals surface area contributed by atoms with Crippen LogP contribution in [-0.4, -0.2) is 29.3 Å². The van der Waals surface area contributed by atoms with E-state index >= 15 is 0 Å². The number of amides is 1. The number of carbonyl (C=O) groups is 1. The minimum atomic E-state index is -0.293. The van der Waals surface area contributed by atoms with E-state index in [0.29, 0.717) is 41.2 Å². The molecule has 3 aromatic rings. The van der Waals surface area contributed by atoms with Crippen LogP contribution in [0.25, 0.3) is 0 Å². The van der Waals surface area contributed by atoms with Crippen molar-refractivity contribution in [3.8, 4) is 11.5 Å². The Hall–Kier alpha value is -2.65. The predicted octanol–water partition coefficient (Wildman–Crippen LogP) is 3.99. The maximum atomic E-state index is 12.9. The molecule has 0 spiro atoms. The van der Waals surface area contributed by atoms with E-state index in [1.807, 2.05) is 0 Å². The lowest BCUT2D eigenvalue weighted by Gasteiger charge is -2.18. The van der Waals surface area contributed by atoms with Crippen molar-refractivity contribution in [2.45, 2.75) is 10.1 Å². The predicted molar refractivity (Wildman–Crippen MR) is 101 cm³/mol. The standard InChI is InChI=1S/C18H14FN3O3S2/c19-13-4-1-11(2-5-13)10-26-18-22-21-17(27-18)20-16(23)12-3-6-14-15(9-12)25-8-7-24-14/h1-6,9H,7-8,10H2,(H,20,21,23). The second-order valence-corrected chi connectivity index (χ2v) is 7.80. The Balaban J connectivity index is 1.37. The van der Waals surface area contributed by atoms with Crippen molar-refractivity contribution >= 4 is 34.1 Å². The summed E-state index contributed by atoms with van der Waals surface area (Å²) < 4.78 is 24.6. The minimum absolute atomic E-state index is 0.260. The van der Waals surface area contributed by atoms with Crippen molar-refractivity contribution < 1.29 is 18.7 Å². The molecular formula is C18H14FN3O3S2. The SMILES string of the molecule is O=C(Nc1nnc(SCc2ccc(F)cc2)s1)c1ccc2c(c1)OCCO2. The number of hydrogen-bond donors (Lipinski definition) is 1. The smallest absolute Gasteiger partial charge is 0.257 e. The second-order valence-electron chi connectivity index (χ2n) is 5.60. The van der Waals surface area contributed by atoms with E-state index in [1.54, 1.807) is 30.3 Å². The quantitative estimate of drug-likeness (QED) is 0.513. The van der Waals surface area contributed by atoms with Crippen LogP contribution in [0.4, 0.5) is 9.52 Å². The van der Waals surface area contributed by atoms with Crippen LogP contribution in [-0.2, 0) is 5.75 Å². The summed E-state index contributed by atoms with van der Waals surface area (Å²) in [7, 11) is 0. The number of hydrogen-bond acceptors (Lipinski definition) is 7. The number of fused-ring (bicyclic) bond motifs is 1. The summed E-state index contributed by atoms with van der Waals surface area (Å²) in [6.45, 7) is 0.963. The fourth-order valence-corrected chi connectivity index (χ4v) is 4.10. The number of nitrogens with one attached hydrogen (secondary N) is 1. The molecule has 4 rings (SSSR count). The van der Waals surface area contributed by atoms with Gasteiger partial charge in [0.25, 0.3) is 5.91 Å². The molecule has 0 aliphatic carbocycles. The first-order valence-corrected chi connectivity index (χ1v) is 9.89. The van der Waals surface area contributed by atoms with E-state index in [2.05, 4.69) is 15.5 Å². The van der Waals surface area contributed by atoms with Crippen molar-refractivity contribution in [1.82, 2.24) is 10.2 Å². The number of halogens is 1. The third kappa shape index (κ3) is 4.37. The average molecular weight is 403 g/mol. The molecule has 2 heterocycles. The van der Waals surface area contributed by atoms with E-state index in [1.165, 1.54) is 35.2 Å². The molecule has 27 heavy (non-hydrogen) atoms. The number of ether oxygens (including phenoxy) is 2. The summed E-state index contributed by atoms with van der Waals surface area (Å²) >= 11 is 2.76. The van der Waals surface area contributed by atoms with Crippen LogP contribution in [0.1, 0.15) is 15.9 Å². The van der Waals surface area contributed by atoms with Crippen LogP contribution in [0.3, 0.4) is 0 Å². The maximum Gasteiger partial charge on any atom is 0.257 e. The number of nitrogens with zero attached hydrogens (tertiary/aromatic N) is 2. The third-order valence-electron chi connectivity index (χ3n) is 3.71. The average Bonchev–Trinajstić information content (AvgIpc) is 3.14. The monoisotopic (exact) mass is 403 g/mol. The Bertz CT molecular complexity index is 963. The summed E-state index contributed by atoms with van der Waals surface area (Å²) in [6, 6.07) is 11.3.